The van der Waals surface area contributed by atoms with E-state index in [-0.39, 0.29) is 0 Å². The Kier molecular flexibility index (Phi) is 6.51. The molecule has 0 spiro atoms. The summed E-state index contributed by atoms with van der Waals surface area (Å²) in [6.07, 6.45) is 5.56. The molecule has 1 heteroatoms. The van der Waals surface area contributed by atoms with Gasteiger partial charge < -0.3 is 0 Å². The van der Waals surface area contributed by atoms with Crippen molar-refractivity contribution < 1.29 is 0 Å². The van der Waals surface area contributed by atoms with Crippen LogP contribution in [0.2, 0.25) is 0 Å². The predicted molar refractivity (Wildman–Crippen MR) is 202 cm³/mol. The van der Waals surface area contributed by atoms with Gasteiger partial charge in [0.15, 0.2) is 0 Å². The molecule has 0 atom stereocenters. The fourth-order valence-electron chi connectivity index (χ4n) is 7.26. The van der Waals surface area contributed by atoms with Gasteiger partial charge in [-0.2, -0.15) is 0 Å². The van der Waals surface area contributed by atoms with E-state index in [1.54, 1.807) is 0 Å². The van der Waals surface area contributed by atoms with Gasteiger partial charge in [0, 0.05) is 20.2 Å². The van der Waals surface area contributed by atoms with Crippen LogP contribution in [-0.4, -0.2) is 0 Å². The van der Waals surface area contributed by atoms with Crippen molar-refractivity contribution in [1.82, 2.24) is 0 Å². The largest absolute Gasteiger partial charge is 0.135 e. The summed E-state index contributed by atoms with van der Waals surface area (Å²) in [6.45, 7) is 0. The number of allylic oxidation sites excluding steroid dienone is 1. The highest BCUT2D eigenvalue weighted by atomic mass is 32.1. The highest BCUT2D eigenvalue weighted by Gasteiger charge is 2.16. The average Bonchev–Trinajstić information content (AvgIpc) is 3.51. The lowest BCUT2D eigenvalue weighted by atomic mass is 9.86. The molecular weight excluding hydrogens is 573 g/mol. The van der Waals surface area contributed by atoms with E-state index in [9.17, 15) is 0 Å². The van der Waals surface area contributed by atoms with Gasteiger partial charge in [-0.3, -0.25) is 0 Å². The van der Waals surface area contributed by atoms with Crippen molar-refractivity contribution in [2.24, 2.45) is 0 Å². The third-order valence-corrected chi connectivity index (χ3v) is 10.4. The lowest BCUT2D eigenvalue weighted by molar-refractivity contribution is 1.28. The van der Waals surface area contributed by atoms with Crippen molar-refractivity contribution in [3.63, 3.8) is 0 Å². The lowest BCUT2D eigenvalue weighted by Gasteiger charge is -2.17. The maximum absolute atomic E-state index is 2.37. The summed E-state index contributed by atoms with van der Waals surface area (Å²) >= 11 is 1.88. The molecule has 0 fully saturated rings. The number of rotatable bonds is 5. The zero-order valence-corrected chi connectivity index (χ0v) is 26.1. The monoisotopic (exact) mass is 602 g/mol. The summed E-state index contributed by atoms with van der Waals surface area (Å²) in [6, 6.07) is 57.7. The van der Waals surface area contributed by atoms with Gasteiger partial charge in [0.2, 0.25) is 0 Å². The molecule has 216 valence electrons. The van der Waals surface area contributed by atoms with Crippen molar-refractivity contribution in [1.29, 1.82) is 0 Å². The minimum Gasteiger partial charge on any atom is -0.135 e. The Labute approximate surface area is 272 Å². The van der Waals surface area contributed by atoms with Gasteiger partial charge in [0.25, 0.3) is 0 Å². The van der Waals surface area contributed by atoms with Crippen molar-refractivity contribution in [3.8, 4) is 22.3 Å². The van der Waals surface area contributed by atoms with Crippen LogP contribution in [0.3, 0.4) is 0 Å². The molecule has 1 aromatic heterocycles. The van der Waals surface area contributed by atoms with Gasteiger partial charge >= 0.3 is 0 Å². The van der Waals surface area contributed by atoms with Crippen LogP contribution in [0, 0.1) is 0 Å². The van der Waals surface area contributed by atoms with E-state index in [0.717, 1.165) is 6.42 Å². The minimum absolute atomic E-state index is 0.859. The molecule has 0 nitrogen and oxygen atoms in total. The number of fused-ring (bicyclic) bond motifs is 7. The molecule has 0 aliphatic heterocycles. The Balaban J connectivity index is 1.17. The van der Waals surface area contributed by atoms with Crippen molar-refractivity contribution in [3.05, 3.63) is 175 Å². The van der Waals surface area contributed by atoms with Crippen molar-refractivity contribution in [2.45, 2.75) is 6.42 Å². The second-order valence-electron chi connectivity index (χ2n) is 12.0. The molecule has 0 radical (unpaired) electrons. The molecule has 0 bridgehead atoms. The Morgan fingerprint density at radius 3 is 2.04 bits per heavy atom. The molecule has 0 amide bonds. The molecular formula is C45H30S. The molecule has 9 rings (SSSR count). The van der Waals surface area contributed by atoms with E-state index in [1.165, 1.54) is 85.9 Å². The van der Waals surface area contributed by atoms with Crippen LogP contribution in [-0.2, 0) is 6.42 Å². The predicted octanol–water partition coefficient (Wildman–Crippen LogP) is 13.1. The quantitative estimate of drug-likeness (QED) is 0.136. The van der Waals surface area contributed by atoms with Crippen LogP contribution in [0.1, 0.15) is 11.1 Å². The maximum Gasteiger partial charge on any atom is 0.0361 e. The van der Waals surface area contributed by atoms with Crippen LogP contribution in [0.15, 0.2) is 164 Å². The van der Waals surface area contributed by atoms with Crippen molar-refractivity contribution >= 4 is 69.9 Å². The van der Waals surface area contributed by atoms with E-state index in [2.05, 4.69) is 170 Å². The van der Waals surface area contributed by atoms with E-state index < -0.39 is 0 Å². The zero-order chi connectivity index (χ0) is 30.5. The summed E-state index contributed by atoms with van der Waals surface area (Å²) in [5.41, 5.74) is 7.73. The number of hydrogen-bond donors (Lipinski definition) is 0. The highest BCUT2D eigenvalue weighted by molar-refractivity contribution is 7.25. The van der Waals surface area contributed by atoms with Gasteiger partial charge in [-0.15, -0.1) is 11.3 Å². The summed E-state index contributed by atoms with van der Waals surface area (Å²) in [7, 11) is 0. The molecule has 0 aliphatic rings. The van der Waals surface area contributed by atoms with Crippen LogP contribution in [0.5, 0.6) is 0 Å². The molecule has 1 heterocycles. The first-order valence-electron chi connectivity index (χ1n) is 15.9. The second-order valence-corrected chi connectivity index (χ2v) is 13.1. The summed E-state index contributed by atoms with van der Waals surface area (Å²) in [4.78, 5) is 0. The SMILES string of the molecule is C(=C\c1c2ccccc2c(-c2ccccc2)c2c1ccc1ccccc12)/Cc1cccc(-c2cccc3sc4ccccc4c23)c1. The molecule has 0 saturated heterocycles. The van der Waals surface area contributed by atoms with E-state index in [4.69, 9.17) is 0 Å². The van der Waals surface area contributed by atoms with Gasteiger partial charge in [0.05, 0.1) is 0 Å². The maximum atomic E-state index is 2.37. The Morgan fingerprint density at radius 1 is 0.457 bits per heavy atom. The first-order valence-corrected chi connectivity index (χ1v) is 16.7. The third-order valence-electron chi connectivity index (χ3n) is 9.30. The normalized spacial score (nSPS) is 11.9. The fraction of sp³-hybridized carbons (Fsp3) is 0.0222. The number of benzene rings is 8. The Morgan fingerprint density at radius 2 is 1.15 bits per heavy atom. The minimum atomic E-state index is 0.859. The van der Waals surface area contributed by atoms with Gasteiger partial charge in [-0.05, 0) is 84.3 Å². The Bertz CT molecular complexity index is 2600. The van der Waals surface area contributed by atoms with Crippen LogP contribution < -0.4 is 0 Å². The average molecular weight is 603 g/mol. The molecule has 0 saturated carbocycles. The summed E-state index contributed by atoms with van der Waals surface area (Å²) < 4.78 is 2.68. The molecule has 9 aromatic rings. The van der Waals surface area contributed by atoms with Gasteiger partial charge in [-0.25, -0.2) is 0 Å². The second kappa shape index (κ2) is 11.1. The molecule has 0 unspecified atom stereocenters. The molecule has 0 aliphatic carbocycles. The first-order chi connectivity index (χ1) is 22.8. The lowest BCUT2D eigenvalue weighted by Crippen LogP contribution is -1.91. The zero-order valence-electron chi connectivity index (χ0n) is 25.3. The van der Waals surface area contributed by atoms with Gasteiger partial charge in [-0.1, -0.05) is 158 Å². The summed E-state index contributed by atoms with van der Waals surface area (Å²) in [5, 5.41) is 10.4. The Hall–Kier alpha value is -5.50. The van der Waals surface area contributed by atoms with Crippen LogP contribution in [0.25, 0.3) is 80.8 Å². The topological polar surface area (TPSA) is 0 Å². The van der Waals surface area contributed by atoms with E-state index in [0.29, 0.717) is 0 Å². The van der Waals surface area contributed by atoms with E-state index in [1.807, 2.05) is 11.3 Å². The smallest absolute Gasteiger partial charge is 0.0361 e. The van der Waals surface area contributed by atoms with E-state index >= 15 is 0 Å². The standard InChI is InChI=1S/C45H30S/c1-2-16-32(17-3-1)43-38-21-7-6-20-36(38)37(39-28-27-31-15-4-5-19-34(31)45(39)43)24-11-14-30-13-10-18-33(29-30)35-23-12-26-42-44(35)40-22-8-9-25-41(40)46-42/h1-13,15-29H,14H2/b24-11+. The van der Waals surface area contributed by atoms with Gasteiger partial charge in [0.1, 0.15) is 0 Å². The first kappa shape index (κ1) is 26.9. The van der Waals surface area contributed by atoms with Crippen LogP contribution >= 0.6 is 11.3 Å². The summed E-state index contributed by atoms with van der Waals surface area (Å²) in [5.74, 6) is 0. The fourth-order valence-corrected chi connectivity index (χ4v) is 8.39. The molecule has 8 aromatic carbocycles. The third kappa shape index (κ3) is 4.43. The molecule has 0 N–H and O–H groups in total. The molecule has 46 heavy (non-hydrogen) atoms. The number of hydrogen-bond acceptors (Lipinski definition) is 1. The highest BCUT2D eigenvalue weighted by Crippen LogP contribution is 2.43. The van der Waals surface area contributed by atoms with Crippen LogP contribution in [0.4, 0.5) is 0 Å². The number of thiophene rings is 1. The van der Waals surface area contributed by atoms with Crippen molar-refractivity contribution in [2.75, 3.05) is 0 Å².